The number of anilines is 1. The number of sulfonamides is 1. The third-order valence-corrected chi connectivity index (χ3v) is 5.17. The molecule has 19 heavy (non-hydrogen) atoms. The van der Waals surface area contributed by atoms with Gasteiger partial charge in [0.2, 0.25) is 10.0 Å². The number of hydrazine groups is 1. The zero-order valence-corrected chi connectivity index (χ0v) is 11.7. The minimum Gasteiger partial charge on any atom is -0.393 e. The first-order chi connectivity index (χ1) is 8.95. The molecule has 0 saturated carbocycles. The number of halogens is 1. The number of hydrogen-bond acceptors (Lipinski definition) is 6. The maximum Gasteiger partial charge on any atom is 0.244 e. The largest absolute Gasteiger partial charge is 0.393 e. The van der Waals surface area contributed by atoms with Crippen LogP contribution >= 0.6 is 11.6 Å². The average Bonchev–Trinajstić information content (AvgIpc) is 2.39. The monoisotopic (exact) mass is 306 g/mol. The standard InChI is InChI=1S/C10H15ClN4O3S/c11-9-5-8(6-13-10(9)14-12)19(17,18)15-3-1-7(16)2-4-15/h5-7,16H,1-4,12H2,(H,13,14). The number of aromatic nitrogens is 1. The summed E-state index contributed by atoms with van der Waals surface area (Å²) in [5.74, 6) is 5.40. The molecule has 0 aliphatic carbocycles. The molecule has 0 spiro atoms. The van der Waals surface area contributed by atoms with Crippen molar-refractivity contribution < 1.29 is 13.5 Å². The van der Waals surface area contributed by atoms with E-state index in [1.807, 2.05) is 0 Å². The fraction of sp³-hybridized carbons (Fsp3) is 0.500. The highest BCUT2D eigenvalue weighted by atomic mass is 35.5. The quantitative estimate of drug-likeness (QED) is 0.542. The van der Waals surface area contributed by atoms with E-state index in [0.29, 0.717) is 12.8 Å². The van der Waals surface area contributed by atoms with Crippen molar-refractivity contribution in [3.63, 3.8) is 0 Å². The van der Waals surface area contributed by atoms with Crippen molar-refractivity contribution in [3.8, 4) is 0 Å². The molecule has 0 amide bonds. The van der Waals surface area contributed by atoms with Crippen molar-refractivity contribution in [2.75, 3.05) is 18.5 Å². The molecule has 1 fully saturated rings. The maximum absolute atomic E-state index is 12.3. The lowest BCUT2D eigenvalue weighted by Gasteiger charge is -2.28. The van der Waals surface area contributed by atoms with Gasteiger partial charge in [0.1, 0.15) is 4.90 Å². The molecule has 0 radical (unpaired) electrons. The topological polar surface area (TPSA) is 109 Å². The van der Waals surface area contributed by atoms with Gasteiger partial charge in [0.25, 0.3) is 0 Å². The first-order valence-corrected chi connectivity index (χ1v) is 7.57. The van der Waals surface area contributed by atoms with Gasteiger partial charge in [-0.1, -0.05) is 11.6 Å². The van der Waals surface area contributed by atoms with Crippen LogP contribution in [0, 0.1) is 0 Å². The van der Waals surface area contributed by atoms with Crippen LogP contribution < -0.4 is 11.3 Å². The number of hydrogen-bond donors (Lipinski definition) is 3. The molecule has 0 unspecified atom stereocenters. The summed E-state index contributed by atoms with van der Waals surface area (Å²) in [5.41, 5.74) is 2.27. The van der Waals surface area contributed by atoms with Crippen LogP contribution in [-0.4, -0.2) is 42.0 Å². The number of aliphatic hydroxyl groups is 1. The maximum atomic E-state index is 12.3. The van der Waals surface area contributed by atoms with Crippen LogP contribution in [0.15, 0.2) is 17.2 Å². The first kappa shape index (κ1) is 14.5. The number of aliphatic hydroxyl groups excluding tert-OH is 1. The van der Waals surface area contributed by atoms with Gasteiger partial charge in [0, 0.05) is 19.3 Å². The van der Waals surface area contributed by atoms with E-state index in [0.717, 1.165) is 0 Å². The number of rotatable bonds is 3. The SMILES string of the molecule is NNc1ncc(S(=O)(=O)N2CCC(O)CC2)cc1Cl. The molecule has 0 bridgehead atoms. The normalized spacial score (nSPS) is 18.5. The van der Waals surface area contributed by atoms with Gasteiger partial charge >= 0.3 is 0 Å². The van der Waals surface area contributed by atoms with E-state index < -0.39 is 16.1 Å². The van der Waals surface area contributed by atoms with E-state index in [1.165, 1.54) is 16.6 Å². The molecular weight excluding hydrogens is 292 g/mol. The molecule has 1 aromatic heterocycles. The zero-order valence-electron chi connectivity index (χ0n) is 10.1. The van der Waals surface area contributed by atoms with E-state index in [1.54, 1.807) is 0 Å². The number of nitrogens with one attached hydrogen (secondary N) is 1. The number of nitrogens with two attached hydrogens (primary N) is 1. The summed E-state index contributed by atoms with van der Waals surface area (Å²) in [6.07, 6.45) is 1.64. The minimum absolute atomic E-state index is 0.0212. The third-order valence-electron chi connectivity index (χ3n) is 3.01. The van der Waals surface area contributed by atoms with Crippen LogP contribution in [0.4, 0.5) is 5.82 Å². The molecular formula is C10H15ClN4O3S. The van der Waals surface area contributed by atoms with Gasteiger partial charge in [-0.25, -0.2) is 19.2 Å². The molecule has 4 N–H and O–H groups in total. The Morgan fingerprint density at radius 1 is 1.47 bits per heavy atom. The second-order valence-electron chi connectivity index (χ2n) is 4.28. The van der Waals surface area contributed by atoms with Gasteiger partial charge in [0.15, 0.2) is 5.82 Å². The predicted octanol–water partition coefficient (Wildman–Crippen LogP) is 0.166. The molecule has 2 rings (SSSR count). The molecule has 0 aromatic carbocycles. The van der Waals surface area contributed by atoms with Crippen molar-refractivity contribution >= 4 is 27.4 Å². The Kier molecular flexibility index (Phi) is 4.26. The molecule has 1 aliphatic heterocycles. The Balaban J connectivity index is 2.27. The summed E-state index contributed by atoms with van der Waals surface area (Å²) in [7, 11) is -3.63. The summed E-state index contributed by atoms with van der Waals surface area (Å²) in [6, 6.07) is 1.31. The molecule has 7 nitrogen and oxygen atoms in total. The number of piperidine rings is 1. The van der Waals surface area contributed by atoms with Gasteiger partial charge in [-0.05, 0) is 18.9 Å². The second kappa shape index (κ2) is 5.59. The highest BCUT2D eigenvalue weighted by Gasteiger charge is 2.29. The fourth-order valence-electron chi connectivity index (χ4n) is 1.90. The molecule has 1 aromatic rings. The van der Waals surface area contributed by atoms with E-state index in [9.17, 15) is 13.5 Å². The van der Waals surface area contributed by atoms with Gasteiger partial charge < -0.3 is 10.5 Å². The van der Waals surface area contributed by atoms with E-state index in [-0.39, 0.29) is 28.8 Å². The zero-order chi connectivity index (χ0) is 14.0. The fourth-order valence-corrected chi connectivity index (χ4v) is 3.63. The van der Waals surface area contributed by atoms with Crippen LogP contribution in [0.25, 0.3) is 0 Å². The average molecular weight is 307 g/mol. The molecule has 1 aliphatic rings. The lowest BCUT2D eigenvalue weighted by Crippen LogP contribution is -2.40. The van der Waals surface area contributed by atoms with E-state index in [2.05, 4.69) is 10.4 Å². The smallest absolute Gasteiger partial charge is 0.244 e. The summed E-state index contributed by atoms with van der Waals surface area (Å²) >= 11 is 5.87. The lowest BCUT2D eigenvalue weighted by molar-refractivity contribution is 0.113. The van der Waals surface area contributed by atoms with Gasteiger partial charge in [0.05, 0.1) is 11.1 Å². The highest BCUT2D eigenvalue weighted by Crippen LogP contribution is 2.25. The summed E-state index contributed by atoms with van der Waals surface area (Å²) in [5, 5.41) is 9.54. The second-order valence-corrected chi connectivity index (χ2v) is 6.63. The number of nitrogens with zero attached hydrogens (tertiary/aromatic N) is 2. The molecule has 9 heteroatoms. The first-order valence-electron chi connectivity index (χ1n) is 5.75. The van der Waals surface area contributed by atoms with Crippen molar-refractivity contribution in [2.45, 2.75) is 23.8 Å². The summed E-state index contributed by atoms with van der Waals surface area (Å²) in [6.45, 7) is 0.579. The van der Waals surface area contributed by atoms with Gasteiger partial charge in [-0.2, -0.15) is 4.31 Å². The Morgan fingerprint density at radius 3 is 2.63 bits per heavy atom. The Labute approximate surface area is 116 Å². The van der Waals surface area contributed by atoms with E-state index in [4.69, 9.17) is 17.4 Å². The van der Waals surface area contributed by atoms with Crippen molar-refractivity contribution in [2.24, 2.45) is 5.84 Å². The summed E-state index contributed by atoms with van der Waals surface area (Å²) < 4.78 is 26.0. The Bertz CT molecular complexity index is 558. The van der Waals surface area contributed by atoms with Gasteiger partial charge in [-0.3, -0.25) is 0 Å². The minimum atomic E-state index is -3.63. The van der Waals surface area contributed by atoms with Crippen LogP contribution in [0.1, 0.15) is 12.8 Å². The molecule has 2 heterocycles. The van der Waals surface area contributed by atoms with E-state index >= 15 is 0 Å². The molecule has 0 atom stereocenters. The van der Waals surface area contributed by atoms with Crippen LogP contribution in [0.2, 0.25) is 5.02 Å². The van der Waals surface area contributed by atoms with Crippen LogP contribution in [0.3, 0.4) is 0 Å². The summed E-state index contributed by atoms with van der Waals surface area (Å²) in [4.78, 5) is 3.87. The number of pyridine rings is 1. The highest BCUT2D eigenvalue weighted by molar-refractivity contribution is 7.89. The van der Waals surface area contributed by atoms with Crippen molar-refractivity contribution in [1.29, 1.82) is 0 Å². The number of nitrogen functional groups attached to an aromatic ring is 1. The van der Waals surface area contributed by atoms with Gasteiger partial charge in [-0.15, -0.1) is 0 Å². The van der Waals surface area contributed by atoms with Crippen molar-refractivity contribution in [3.05, 3.63) is 17.3 Å². The predicted molar refractivity (Wildman–Crippen MR) is 71.1 cm³/mol. The Hall–Kier alpha value is -0.930. The lowest BCUT2D eigenvalue weighted by atomic mass is 10.1. The molecule has 1 saturated heterocycles. The molecule has 106 valence electrons. The van der Waals surface area contributed by atoms with Crippen molar-refractivity contribution in [1.82, 2.24) is 9.29 Å². The third kappa shape index (κ3) is 2.98. The van der Waals surface area contributed by atoms with Crippen LogP contribution in [0.5, 0.6) is 0 Å². The Morgan fingerprint density at radius 2 is 2.11 bits per heavy atom. The van der Waals surface area contributed by atoms with Crippen LogP contribution in [-0.2, 0) is 10.0 Å².